The van der Waals surface area contributed by atoms with Gasteiger partial charge < -0.3 is 15.4 Å². The molecule has 0 radical (unpaired) electrons. The van der Waals surface area contributed by atoms with E-state index in [0.717, 1.165) is 30.6 Å². The van der Waals surface area contributed by atoms with E-state index in [9.17, 15) is 0 Å². The summed E-state index contributed by atoms with van der Waals surface area (Å²) in [5, 5.41) is 7.47. The van der Waals surface area contributed by atoms with Crippen LogP contribution in [-0.2, 0) is 4.74 Å². The third kappa shape index (κ3) is 6.00. The third-order valence-corrected chi connectivity index (χ3v) is 3.59. The molecule has 0 saturated heterocycles. The van der Waals surface area contributed by atoms with Crippen molar-refractivity contribution in [2.75, 3.05) is 26.8 Å². The summed E-state index contributed by atoms with van der Waals surface area (Å²) in [6.07, 6.45) is 1.12. The van der Waals surface area contributed by atoms with E-state index in [4.69, 9.17) is 16.3 Å². The van der Waals surface area contributed by atoms with Crippen molar-refractivity contribution in [3.8, 4) is 0 Å². The Morgan fingerprint density at radius 2 is 2.29 bits per heavy atom. The van der Waals surface area contributed by atoms with E-state index in [0.29, 0.717) is 18.6 Å². The summed E-state index contributed by atoms with van der Waals surface area (Å²) in [5.41, 5.74) is 1.29. The van der Waals surface area contributed by atoms with Gasteiger partial charge in [-0.2, -0.15) is 0 Å². The molecule has 118 valence electrons. The molecule has 0 aromatic heterocycles. The minimum absolute atomic E-state index is 0. The maximum atomic E-state index is 6.03. The summed E-state index contributed by atoms with van der Waals surface area (Å²) in [4.78, 5) is 4.22. The van der Waals surface area contributed by atoms with Crippen molar-refractivity contribution in [2.24, 2.45) is 4.99 Å². The number of ether oxygens (including phenoxy) is 1. The summed E-state index contributed by atoms with van der Waals surface area (Å²) in [6, 6.07) is 8.52. The lowest BCUT2D eigenvalue weighted by molar-refractivity contribution is 0.152. The van der Waals surface area contributed by atoms with Crippen LogP contribution in [0.15, 0.2) is 29.3 Å². The van der Waals surface area contributed by atoms with Gasteiger partial charge in [0.2, 0.25) is 0 Å². The standard InChI is InChI=1S/C15H22ClN3O.HI/c1-3-20-8-7-18-15(17-2)19-14-10-13(14)11-5-4-6-12(16)9-11;/h4-6,9,13-14H,3,7-8,10H2,1-2H3,(H2,17,18,19);1H. The Morgan fingerprint density at radius 1 is 1.48 bits per heavy atom. The van der Waals surface area contributed by atoms with Gasteiger partial charge in [0.05, 0.1) is 6.61 Å². The van der Waals surface area contributed by atoms with Crippen molar-refractivity contribution in [2.45, 2.75) is 25.3 Å². The molecule has 1 saturated carbocycles. The Morgan fingerprint density at radius 3 is 2.95 bits per heavy atom. The minimum Gasteiger partial charge on any atom is -0.380 e. The SMILES string of the molecule is CCOCCNC(=NC)NC1CC1c1cccc(Cl)c1.I. The molecule has 0 heterocycles. The summed E-state index contributed by atoms with van der Waals surface area (Å²) in [6.45, 7) is 4.20. The predicted molar refractivity (Wildman–Crippen MR) is 99.0 cm³/mol. The van der Waals surface area contributed by atoms with Gasteiger partial charge >= 0.3 is 0 Å². The van der Waals surface area contributed by atoms with E-state index in [2.05, 4.69) is 21.7 Å². The lowest BCUT2D eigenvalue weighted by Gasteiger charge is -2.11. The number of hydrogen-bond donors (Lipinski definition) is 2. The zero-order valence-corrected chi connectivity index (χ0v) is 15.5. The fourth-order valence-electron chi connectivity index (χ4n) is 2.22. The minimum atomic E-state index is 0. The quantitative estimate of drug-likeness (QED) is 0.320. The molecular weight excluding hydrogens is 401 g/mol. The van der Waals surface area contributed by atoms with E-state index < -0.39 is 0 Å². The lowest BCUT2D eigenvalue weighted by atomic mass is 10.1. The second kappa shape index (κ2) is 9.48. The van der Waals surface area contributed by atoms with Crippen LogP contribution in [0, 0.1) is 0 Å². The summed E-state index contributed by atoms with van der Waals surface area (Å²) in [5.74, 6) is 1.36. The van der Waals surface area contributed by atoms with Crippen LogP contribution in [0.1, 0.15) is 24.8 Å². The van der Waals surface area contributed by atoms with E-state index in [1.54, 1.807) is 7.05 Å². The van der Waals surface area contributed by atoms with Crippen LogP contribution in [0.25, 0.3) is 0 Å². The number of aliphatic imine (C=N–C) groups is 1. The summed E-state index contributed by atoms with van der Waals surface area (Å²) < 4.78 is 5.29. The highest BCUT2D eigenvalue weighted by atomic mass is 127. The number of guanidine groups is 1. The van der Waals surface area contributed by atoms with Gasteiger partial charge in [0, 0.05) is 37.2 Å². The number of hydrogen-bond acceptors (Lipinski definition) is 2. The van der Waals surface area contributed by atoms with Crippen molar-refractivity contribution >= 4 is 41.5 Å². The first kappa shape index (κ1) is 18.5. The zero-order chi connectivity index (χ0) is 14.4. The molecule has 1 aliphatic rings. The number of rotatable bonds is 6. The van der Waals surface area contributed by atoms with Gasteiger partial charge in [0.25, 0.3) is 0 Å². The predicted octanol–water partition coefficient (Wildman–Crippen LogP) is 3.02. The van der Waals surface area contributed by atoms with Crippen LogP contribution in [0.2, 0.25) is 5.02 Å². The van der Waals surface area contributed by atoms with Gasteiger partial charge in [0.1, 0.15) is 0 Å². The molecule has 21 heavy (non-hydrogen) atoms. The zero-order valence-electron chi connectivity index (χ0n) is 12.4. The topological polar surface area (TPSA) is 45.6 Å². The molecule has 1 aliphatic carbocycles. The van der Waals surface area contributed by atoms with Crippen LogP contribution in [0.4, 0.5) is 0 Å². The van der Waals surface area contributed by atoms with E-state index in [-0.39, 0.29) is 24.0 Å². The molecule has 2 rings (SSSR count). The Balaban J connectivity index is 0.00000220. The second-order valence-electron chi connectivity index (χ2n) is 4.84. The van der Waals surface area contributed by atoms with Crippen molar-refractivity contribution in [1.82, 2.24) is 10.6 Å². The van der Waals surface area contributed by atoms with E-state index in [1.165, 1.54) is 5.56 Å². The number of nitrogens with zero attached hydrogens (tertiary/aromatic N) is 1. The molecule has 2 unspecified atom stereocenters. The molecule has 6 heteroatoms. The van der Waals surface area contributed by atoms with Crippen molar-refractivity contribution < 1.29 is 4.74 Å². The highest BCUT2D eigenvalue weighted by molar-refractivity contribution is 14.0. The molecule has 0 amide bonds. The molecule has 1 fully saturated rings. The Labute approximate surface area is 148 Å². The first-order chi connectivity index (χ1) is 9.74. The van der Waals surface area contributed by atoms with Crippen LogP contribution in [-0.4, -0.2) is 38.8 Å². The van der Waals surface area contributed by atoms with Crippen LogP contribution < -0.4 is 10.6 Å². The molecule has 0 spiro atoms. The smallest absolute Gasteiger partial charge is 0.191 e. The molecule has 2 N–H and O–H groups in total. The maximum absolute atomic E-state index is 6.03. The van der Waals surface area contributed by atoms with Gasteiger partial charge in [-0.3, -0.25) is 4.99 Å². The monoisotopic (exact) mass is 423 g/mol. The average molecular weight is 424 g/mol. The molecule has 2 atom stereocenters. The molecular formula is C15H23ClIN3O. The fraction of sp³-hybridized carbons (Fsp3) is 0.533. The van der Waals surface area contributed by atoms with Gasteiger partial charge in [-0.15, -0.1) is 24.0 Å². The number of benzene rings is 1. The van der Waals surface area contributed by atoms with Crippen LogP contribution in [0.3, 0.4) is 0 Å². The molecule has 1 aromatic rings. The molecule has 0 aliphatic heterocycles. The molecule has 0 bridgehead atoms. The Kier molecular flexibility index (Phi) is 8.36. The fourth-order valence-corrected chi connectivity index (χ4v) is 2.42. The van der Waals surface area contributed by atoms with E-state index in [1.807, 2.05) is 25.1 Å². The van der Waals surface area contributed by atoms with Crippen molar-refractivity contribution in [3.63, 3.8) is 0 Å². The van der Waals surface area contributed by atoms with Crippen LogP contribution >= 0.6 is 35.6 Å². The number of nitrogens with one attached hydrogen (secondary N) is 2. The maximum Gasteiger partial charge on any atom is 0.191 e. The van der Waals surface area contributed by atoms with Crippen molar-refractivity contribution in [3.05, 3.63) is 34.9 Å². The van der Waals surface area contributed by atoms with Crippen LogP contribution in [0.5, 0.6) is 0 Å². The van der Waals surface area contributed by atoms with Gasteiger partial charge in [-0.25, -0.2) is 0 Å². The van der Waals surface area contributed by atoms with E-state index >= 15 is 0 Å². The average Bonchev–Trinajstić information content (AvgIpc) is 3.21. The molecule has 4 nitrogen and oxygen atoms in total. The Hall–Kier alpha value is -0.530. The summed E-state index contributed by atoms with van der Waals surface area (Å²) in [7, 11) is 1.78. The first-order valence-electron chi connectivity index (χ1n) is 7.05. The second-order valence-corrected chi connectivity index (χ2v) is 5.28. The van der Waals surface area contributed by atoms with Crippen molar-refractivity contribution in [1.29, 1.82) is 0 Å². The highest BCUT2D eigenvalue weighted by Gasteiger charge is 2.39. The van der Waals surface area contributed by atoms with Gasteiger partial charge in [-0.05, 0) is 31.0 Å². The van der Waals surface area contributed by atoms with Gasteiger partial charge in [-0.1, -0.05) is 23.7 Å². The third-order valence-electron chi connectivity index (χ3n) is 3.36. The largest absolute Gasteiger partial charge is 0.380 e. The normalized spacial score (nSPS) is 20.6. The summed E-state index contributed by atoms with van der Waals surface area (Å²) >= 11 is 6.03. The number of halogens is 2. The highest BCUT2D eigenvalue weighted by Crippen LogP contribution is 2.41. The first-order valence-corrected chi connectivity index (χ1v) is 7.42. The lowest BCUT2D eigenvalue weighted by Crippen LogP contribution is -2.40. The van der Waals surface area contributed by atoms with Gasteiger partial charge in [0.15, 0.2) is 5.96 Å². The Bertz CT molecular complexity index is 470. The molecule has 1 aromatic carbocycles.